The van der Waals surface area contributed by atoms with Crippen molar-refractivity contribution in [2.24, 2.45) is 9.98 Å². The first-order chi connectivity index (χ1) is 17.1. The number of thioether (sulfide) groups is 1. The number of anilines is 2. The number of amides is 1. The molecule has 2 heterocycles. The van der Waals surface area contributed by atoms with Crippen molar-refractivity contribution in [2.75, 3.05) is 5.32 Å². The first-order valence-electron chi connectivity index (χ1n) is 10.9. The number of hydrogen-bond donors (Lipinski definition) is 1. The van der Waals surface area contributed by atoms with Crippen LogP contribution in [-0.4, -0.2) is 28.2 Å². The third kappa shape index (κ3) is 5.22. The summed E-state index contributed by atoms with van der Waals surface area (Å²) in [7, 11) is 0. The number of carbonyl (C=O) groups is 1. The number of halogens is 2. The fraction of sp³-hybridized carbons (Fsp3) is 0.0741. The van der Waals surface area contributed by atoms with E-state index in [1.807, 2.05) is 59.7 Å². The SMILES string of the molecule is O=C(N=C1N=C2C=CC=CN2Cc2ccccc21)c1ccccc1Nc1ccc(SC(F)F)cc1. The zero-order valence-electron chi connectivity index (χ0n) is 18.4. The smallest absolute Gasteiger partial charge is 0.288 e. The van der Waals surface area contributed by atoms with Gasteiger partial charge in [0.1, 0.15) is 5.84 Å². The second-order valence-corrected chi connectivity index (χ2v) is 8.83. The molecule has 0 unspecified atom stereocenters. The second-order valence-electron chi connectivity index (χ2n) is 7.77. The lowest BCUT2D eigenvalue weighted by Gasteiger charge is -2.20. The van der Waals surface area contributed by atoms with Gasteiger partial charge in [-0.05, 0) is 54.1 Å². The topological polar surface area (TPSA) is 57.1 Å². The Morgan fingerprint density at radius 2 is 1.77 bits per heavy atom. The molecular weight excluding hydrogens is 466 g/mol. The van der Waals surface area contributed by atoms with Crippen molar-refractivity contribution in [1.29, 1.82) is 0 Å². The summed E-state index contributed by atoms with van der Waals surface area (Å²) in [6.07, 6.45) is 7.67. The van der Waals surface area contributed by atoms with Crippen LogP contribution < -0.4 is 5.32 Å². The molecule has 35 heavy (non-hydrogen) atoms. The maximum atomic E-state index is 13.4. The Morgan fingerprint density at radius 3 is 2.60 bits per heavy atom. The average molecular weight is 487 g/mol. The number of fused-ring (bicyclic) bond motifs is 2. The van der Waals surface area contributed by atoms with Crippen LogP contribution in [0.15, 0.2) is 112 Å². The lowest BCUT2D eigenvalue weighted by Crippen LogP contribution is -2.24. The van der Waals surface area contributed by atoms with Gasteiger partial charge in [0.25, 0.3) is 11.7 Å². The predicted molar refractivity (Wildman–Crippen MR) is 137 cm³/mol. The van der Waals surface area contributed by atoms with Crippen LogP contribution in [0.3, 0.4) is 0 Å². The van der Waals surface area contributed by atoms with Gasteiger partial charge in [-0.25, -0.2) is 4.99 Å². The van der Waals surface area contributed by atoms with Crippen LogP contribution in [-0.2, 0) is 6.54 Å². The van der Waals surface area contributed by atoms with Crippen molar-refractivity contribution in [2.45, 2.75) is 17.2 Å². The zero-order valence-corrected chi connectivity index (χ0v) is 19.3. The highest BCUT2D eigenvalue weighted by molar-refractivity contribution is 7.99. The maximum absolute atomic E-state index is 13.4. The van der Waals surface area contributed by atoms with Crippen molar-refractivity contribution < 1.29 is 13.6 Å². The normalized spacial score (nSPS) is 15.5. The molecule has 174 valence electrons. The highest BCUT2D eigenvalue weighted by Gasteiger charge is 2.21. The Morgan fingerprint density at radius 1 is 1.00 bits per heavy atom. The van der Waals surface area contributed by atoms with Gasteiger partial charge in [0.15, 0.2) is 5.84 Å². The molecule has 0 saturated heterocycles. The number of aliphatic imine (C=N–C) groups is 2. The molecule has 0 aliphatic carbocycles. The monoisotopic (exact) mass is 486 g/mol. The summed E-state index contributed by atoms with van der Waals surface area (Å²) in [4.78, 5) is 25.0. The Bertz CT molecular complexity index is 1380. The lowest BCUT2D eigenvalue weighted by atomic mass is 10.1. The van der Waals surface area contributed by atoms with Crippen LogP contribution in [0, 0.1) is 0 Å². The van der Waals surface area contributed by atoms with E-state index in [1.54, 1.807) is 42.5 Å². The van der Waals surface area contributed by atoms with E-state index < -0.39 is 11.7 Å². The lowest BCUT2D eigenvalue weighted by molar-refractivity contribution is 0.100. The molecule has 2 aliphatic rings. The third-order valence-corrected chi connectivity index (χ3v) is 6.18. The van der Waals surface area contributed by atoms with Gasteiger partial charge in [-0.3, -0.25) is 4.79 Å². The first kappa shape index (κ1) is 22.7. The number of carbonyl (C=O) groups excluding carboxylic acids is 1. The van der Waals surface area contributed by atoms with Gasteiger partial charge in [0.05, 0.1) is 11.3 Å². The molecule has 3 aromatic rings. The summed E-state index contributed by atoms with van der Waals surface area (Å²) in [5.74, 6) is -1.85. The van der Waals surface area contributed by atoms with Crippen LogP contribution in [0.2, 0.25) is 0 Å². The van der Waals surface area contributed by atoms with E-state index in [-0.39, 0.29) is 0 Å². The Kier molecular flexibility index (Phi) is 6.54. The number of alkyl halides is 2. The summed E-state index contributed by atoms with van der Waals surface area (Å²) in [6, 6.07) is 21.4. The number of nitrogens with one attached hydrogen (secondary N) is 1. The van der Waals surface area contributed by atoms with E-state index in [0.29, 0.717) is 51.8 Å². The minimum absolute atomic E-state index is 0.353. The molecule has 1 N–H and O–H groups in total. The van der Waals surface area contributed by atoms with Crippen molar-refractivity contribution in [3.05, 3.63) is 114 Å². The molecule has 0 fully saturated rings. The molecule has 0 atom stereocenters. The van der Waals surface area contributed by atoms with Crippen molar-refractivity contribution >= 4 is 40.7 Å². The minimum Gasteiger partial charge on any atom is -0.355 e. The summed E-state index contributed by atoms with van der Waals surface area (Å²) in [6.45, 7) is 0.626. The molecule has 0 bridgehead atoms. The summed E-state index contributed by atoms with van der Waals surface area (Å²) < 4.78 is 25.2. The molecule has 0 spiro atoms. The van der Waals surface area contributed by atoms with E-state index in [2.05, 4.69) is 10.3 Å². The van der Waals surface area contributed by atoms with Crippen molar-refractivity contribution in [1.82, 2.24) is 4.90 Å². The van der Waals surface area contributed by atoms with Gasteiger partial charge in [-0.1, -0.05) is 54.2 Å². The molecule has 0 radical (unpaired) electrons. The van der Waals surface area contributed by atoms with Gasteiger partial charge < -0.3 is 10.2 Å². The third-order valence-electron chi connectivity index (χ3n) is 5.46. The highest BCUT2D eigenvalue weighted by Crippen LogP contribution is 2.28. The summed E-state index contributed by atoms with van der Waals surface area (Å²) >= 11 is 0.487. The molecule has 5 nitrogen and oxygen atoms in total. The number of allylic oxidation sites excluding steroid dienone is 2. The molecule has 0 aromatic heterocycles. The van der Waals surface area contributed by atoms with E-state index in [0.717, 1.165) is 11.1 Å². The molecule has 8 heteroatoms. The van der Waals surface area contributed by atoms with Crippen molar-refractivity contribution in [3.63, 3.8) is 0 Å². The van der Waals surface area contributed by atoms with Crippen molar-refractivity contribution in [3.8, 4) is 0 Å². The number of para-hydroxylation sites is 1. The molecule has 3 aromatic carbocycles. The number of nitrogens with zero attached hydrogens (tertiary/aromatic N) is 3. The molecule has 2 aliphatic heterocycles. The molecular formula is C27H20F2N4OS. The maximum Gasteiger partial charge on any atom is 0.288 e. The van der Waals surface area contributed by atoms with Gasteiger partial charge in [0.2, 0.25) is 0 Å². The van der Waals surface area contributed by atoms with Gasteiger partial charge in [0, 0.05) is 28.9 Å². The Hall–Kier alpha value is -4.04. The molecule has 5 rings (SSSR count). The van der Waals surface area contributed by atoms with Crippen LogP contribution in [0.1, 0.15) is 21.5 Å². The standard InChI is InChI=1S/C27H20F2N4OS/c28-27(29)35-20-14-12-19(13-15-20)30-23-10-4-3-9-22(23)26(34)32-25-21-8-2-1-7-18(21)17-33-16-6-5-11-24(33)31-25/h1-16,27,30H,17H2. The molecule has 0 saturated carbocycles. The minimum atomic E-state index is -2.48. The quantitative estimate of drug-likeness (QED) is 0.411. The van der Waals surface area contributed by atoms with Crippen LogP contribution in [0.25, 0.3) is 0 Å². The van der Waals surface area contributed by atoms with Crippen LogP contribution in [0.4, 0.5) is 20.2 Å². The van der Waals surface area contributed by atoms with Crippen LogP contribution in [0.5, 0.6) is 0 Å². The van der Waals surface area contributed by atoms with E-state index >= 15 is 0 Å². The van der Waals surface area contributed by atoms with Gasteiger partial charge >= 0.3 is 0 Å². The van der Waals surface area contributed by atoms with Gasteiger partial charge in [-0.15, -0.1) is 0 Å². The number of hydrogen-bond acceptors (Lipinski definition) is 4. The first-order valence-corrected chi connectivity index (χ1v) is 11.8. The van der Waals surface area contributed by atoms with Gasteiger partial charge in [-0.2, -0.15) is 13.8 Å². The molecule has 1 amide bonds. The largest absolute Gasteiger partial charge is 0.355 e. The van der Waals surface area contributed by atoms with E-state index in [9.17, 15) is 13.6 Å². The number of amidine groups is 2. The zero-order chi connectivity index (χ0) is 24.2. The summed E-state index contributed by atoms with van der Waals surface area (Å²) in [5, 5.41) is 3.20. The average Bonchev–Trinajstić information content (AvgIpc) is 3.01. The van der Waals surface area contributed by atoms with E-state index in [4.69, 9.17) is 4.99 Å². The summed E-state index contributed by atoms with van der Waals surface area (Å²) in [5.41, 5.74) is 3.44. The highest BCUT2D eigenvalue weighted by atomic mass is 32.2. The van der Waals surface area contributed by atoms with Crippen LogP contribution >= 0.6 is 11.8 Å². The Balaban J connectivity index is 1.47. The fourth-order valence-electron chi connectivity index (χ4n) is 3.83. The number of rotatable bonds is 5. The van der Waals surface area contributed by atoms with E-state index in [1.165, 1.54) is 0 Å². The Labute approximate surface area is 205 Å². The number of benzene rings is 3. The second kappa shape index (κ2) is 10.1. The fourth-order valence-corrected chi connectivity index (χ4v) is 4.33. The predicted octanol–water partition coefficient (Wildman–Crippen LogP) is 6.63.